The molecule has 0 fully saturated rings. The summed E-state index contributed by atoms with van der Waals surface area (Å²) in [5.41, 5.74) is 0.753. The molecule has 3 heterocycles. The summed E-state index contributed by atoms with van der Waals surface area (Å²) in [6.07, 6.45) is 4.06. The lowest BCUT2D eigenvalue weighted by atomic mass is 10.1. The molecular weight excluding hydrogens is 343 g/mol. The number of nitro groups is 1. The van der Waals surface area contributed by atoms with E-state index in [0.717, 1.165) is 37.7 Å². The first-order chi connectivity index (χ1) is 11.0. The standard InChI is InChI=1S/C13H14Cl2N6O2/c1-8(14)6-16-12-10(21(22)23)7-17-20(12)13-11(15)9-4-2-3-5-19(9)18-13/h7,16H,1-6H2. The van der Waals surface area contributed by atoms with Gasteiger partial charge >= 0.3 is 5.69 Å². The molecule has 0 aromatic carbocycles. The molecule has 0 saturated carbocycles. The zero-order valence-electron chi connectivity index (χ0n) is 12.1. The number of rotatable bonds is 5. The Kier molecular flexibility index (Phi) is 4.27. The van der Waals surface area contributed by atoms with Crippen molar-refractivity contribution in [2.75, 3.05) is 11.9 Å². The molecule has 0 bridgehead atoms. The van der Waals surface area contributed by atoms with Gasteiger partial charge in [-0.3, -0.25) is 14.8 Å². The van der Waals surface area contributed by atoms with Crippen molar-refractivity contribution in [2.24, 2.45) is 0 Å². The third-order valence-electron chi connectivity index (χ3n) is 3.61. The highest BCUT2D eigenvalue weighted by Crippen LogP contribution is 2.33. The molecule has 2 aromatic rings. The molecule has 8 nitrogen and oxygen atoms in total. The molecule has 0 saturated heterocycles. The van der Waals surface area contributed by atoms with E-state index in [0.29, 0.717) is 15.9 Å². The fourth-order valence-corrected chi connectivity index (χ4v) is 2.93. The van der Waals surface area contributed by atoms with Crippen LogP contribution in [0.4, 0.5) is 11.5 Å². The lowest BCUT2D eigenvalue weighted by molar-refractivity contribution is -0.384. The van der Waals surface area contributed by atoms with Crippen LogP contribution in [0.25, 0.3) is 5.82 Å². The Morgan fingerprint density at radius 2 is 2.30 bits per heavy atom. The molecule has 0 aliphatic carbocycles. The van der Waals surface area contributed by atoms with E-state index in [1.165, 1.54) is 4.68 Å². The van der Waals surface area contributed by atoms with Crippen molar-refractivity contribution in [3.8, 4) is 5.82 Å². The van der Waals surface area contributed by atoms with Crippen LogP contribution >= 0.6 is 23.2 Å². The molecule has 1 aliphatic rings. The predicted molar refractivity (Wildman–Crippen MR) is 87.4 cm³/mol. The van der Waals surface area contributed by atoms with Crippen LogP contribution < -0.4 is 5.32 Å². The summed E-state index contributed by atoms with van der Waals surface area (Å²) in [6, 6.07) is 0. The van der Waals surface area contributed by atoms with Gasteiger partial charge in [-0.1, -0.05) is 29.8 Å². The fraction of sp³-hybridized carbons (Fsp3) is 0.385. The summed E-state index contributed by atoms with van der Waals surface area (Å²) < 4.78 is 3.17. The Hall–Kier alpha value is -2.06. The second-order valence-corrected chi connectivity index (χ2v) is 6.10. The summed E-state index contributed by atoms with van der Waals surface area (Å²) in [6.45, 7) is 4.50. The fourth-order valence-electron chi connectivity index (χ4n) is 2.55. The van der Waals surface area contributed by atoms with Crippen LogP contribution in [-0.4, -0.2) is 31.0 Å². The van der Waals surface area contributed by atoms with E-state index in [9.17, 15) is 10.1 Å². The summed E-state index contributed by atoms with van der Waals surface area (Å²) in [4.78, 5) is 10.7. The molecule has 0 amide bonds. The van der Waals surface area contributed by atoms with Crippen LogP contribution in [0, 0.1) is 10.1 Å². The molecule has 0 spiro atoms. The average Bonchev–Trinajstić information content (AvgIpc) is 3.07. The van der Waals surface area contributed by atoms with Crippen LogP contribution in [0.1, 0.15) is 18.5 Å². The third kappa shape index (κ3) is 2.91. The number of hydrogen-bond donors (Lipinski definition) is 1. The van der Waals surface area contributed by atoms with Gasteiger partial charge in [0.1, 0.15) is 11.2 Å². The van der Waals surface area contributed by atoms with E-state index in [1.54, 1.807) is 0 Å². The molecule has 0 atom stereocenters. The second kappa shape index (κ2) is 6.21. The molecular formula is C13H14Cl2N6O2. The zero-order chi connectivity index (χ0) is 16.6. The first kappa shape index (κ1) is 15.8. The number of fused-ring (bicyclic) bond motifs is 1. The van der Waals surface area contributed by atoms with E-state index >= 15 is 0 Å². The van der Waals surface area contributed by atoms with Gasteiger partial charge in [-0.2, -0.15) is 14.9 Å². The van der Waals surface area contributed by atoms with Crippen molar-refractivity contribution in [3.05, 3.63) is 38.6 Å². The topological polar surface area (TPSA) is 90.8 Å². The van der Waals surface area contributed by atoms with Crippen LogP contribution in [0.2, 0.25) is 5.02 Å². The van der Waals surface area contributed by atoms with Gasteiger partial charge in [-0.05, 0) is 19.3 Å². The predicted octanol–water partition coefficient (Wildman–Crippen LogP) is 3.13. The Bertz CT molecular complexity index is 782. The van der Waals surface area contributed by atoms with Gasteiger partial charge in [0.05, 0.1) is 17.2 Å². The first-order valence-electron chi connectivity index (χ1n) is 7.04. The molecule has 1 aliphatic heterocycles. The van der Waals surface area contributed by atoms with Gasteiger partial charge in [0.2, 0.25) is 5.82 Å². The van der Waals surface area contributed by atoms with Crippen molar-refractivity contribution in [1.82, 2.24) is 19.6 Å². The normalized spacial score (nSPS) is 13.7. The van der Waals surface area contributed by atoms with Gasteiger partial charge in [-0.25, -0.2) is 0 Å². The average molecular weight is 357 g/mol. The Morgan fingerprint density at radius 3 is 2.96 bits per heavy atom. The van der Waals surface area contributed by atoms with Crippen LogP contribution in [0.5, 0.6) is 0 Å². The zero-order valence-corrected chi connectivity index (χ0v) is 13.6. The van der Waals surface area contributed by atoms with Gasteiger partial charge in [0.15, 0.2) is 5.82 Å². The number of aryl methyl sites for hydroxylation is 1. The molecule has 10 heteroatoms. The highest BCUT2D eigenvalue weighted by molar-refractivity contribution is 6.33. The maximum atomic E-state index is 11.2. The Morgan fingerprint density at radius 1 is 1.52 bits per heavy atom. The van der Waals surface area contributed by atoms with Crippen LogP contribution in [0.3, 0.4) is 0 Å². The molecule has 122 valence electrons. The first-order valence-corrected chi connectivity index (χ1v) is 7.79. The monoisotopic (exact) mass is 356 g/mol. The highest BCUT2D eigenvalue weighted by Gasteiger charge is 2.27. The van der Waals surface area contributed by atoms with Crippen LogP contribution in [-0.2, 0) is 13.0 Å². The molecule has 0 unspecified atom stereocenters. The van der Waals surface area contributed by atoms with Crippen molar-refractivity contribution in [1.29, 1.82) is 0 Å². The maximum Gasteiger partial charge on any atom is 0.331 e. The number of aromatic nitrogens is 4. The maximum absolute atomic E-state index is 11.2. The van der Waals surface area contributed by atoms with Crippen molar-refractivity contribution >= 4 is 34.7 Å². The number of anilines is 1. The van der Waals surface area contributed by atoms with Crippen molar-refractivity contribution < 1.29 is 4.92 Å². The van der Waals surface area contributed by atoms with E-state index in [4.69, 9.17) is 23.2 Å². The van der Waals surface area contributed by atoms with E-state index in [-0.39, 0.29) is 18.1 Å². The van der Waals surface area contributed by atoms with Gasteiger partial charge in [0, 0.05) is 11.6 Å². The van der Waals surface area contributed by atoms with Crippen molar-refractivity contribution in [2.45, 2.75) is 25.8 Å². The highest BCUT2D eigenvalue weighted by atomic mass is 35.5. The molecule has 1 N–H and O–H groups in total. The molecule has 23 heavy (non-hydrogen) atoms. The minimum Gasteiger partial charge on any atom is -0.359 e. The number of nitrogens with one attached hydrogen (secondary N) is 1. The second-order valence-electron chi connectivity index (χ2n) is 5.18. The lowest BCUT2D eigenvalue weighted by Crippen LogP contribution is -2.12. The summed E-state index contributed by atoms with van der Waals surface area (Å²) in [5, 5.41) is 23.4. The number of halogens is 2. The molecule has 3 rings (SSSR count). The lowest BCUT2D eigenvalue weighted by Gasteiger charge is -2.12. The van der Waals surface area contributed by atoms with Gasteiger partial charge in [0.25, 0.3) is 0 Å². The van der Waals surface area contributed by atoms with Gasteiger partial charge in [-0.15, -0.1) is 0 Å². The minimum absolute atomic E-state index is 0.166. The van der Waals surface area contributed by atoms with E-state index in [2.05, 4.69) is 22.1 Å². The summed E-state index contributed by atoms with van der Waals surface area (Å²) in [7, 11) is 0. The smallest absolute Gasteiger partial charge is 0.331 e. The van der Waals surface area contributed by atoms with Crippen LogP contribution in [0.15, 0.2) is 17.8 Å². The molecule has 0 radical (unpaired) electrons. The Labute approximate surface area is 141 Å². The number of hydrogen-bond acceptors (Lipinski definition) is 5. The van der Waals surface area contributed by atoms with Gasteiger partial charge < -0.3 is 5.32 Å². The van der Waals surface area contributed by atoms with E-state index in [1.807, 2.05) is 4.68 Å². The van der Waals surface area contributed by atoms with Crippen molar-refractivity contribution in [3.63, 3.8) is 0 Å². The quantitative estimate of drug-likeness (QED) is 0.656. The summed E-state index contributed by atoms with van der Waals surface area (Å²) >= 11 is 12.2. The number of nitrogens with zero attached hydrogens (tertiary/aromatic N) is 5. The van der Waals surface area contributed by atoms with E-state index < -0.39 is 4.92 Å². The summed E-state index contributed by atoms with van der Waals surface area (Å²) in [5.74, 6) is 0.550. The minimum atomic E-state index is -0.521. The SMILES string of the molecule is C=C(Cl)CNc1c([N+](=O)[O-])cnn1-c1nn2c(c1Cl)CCCC2. The molecule has 2 aromatic heterocycles. The third-order valence-corrected chi connectivity index (χ3v) is 4.13. The Balaban J connectivity index is 2.07. The largest absolute Gasteiger partial charge is 0.359 e.